The molecule has 0 saturated heterocycles. The van der Waals surface area contributed by atoms with Gasteiger partial charge in [-0.15, -0.1) is 0 Å². The van der Waals surface area contributed by atoms with E-state index in [1.807, 2.05) is 0 Å². The first-order chi connectivity index (χ1) is 5.29. The summed E-state index contributed by atoms with van der Waals surface area (Å²) < 4.78 is 12.2. The SMILES string of the molecule is C1CCC1.CC1CCC(F)C1. The highest BCUT2D eigenvalue weighted by Gasteiger charge is 2.19. The summed E-state index contributed by atoms with van der Waals surface area (Å²) in [5, 5.41) is 0. The van der Waals surface area contributed by atoms with Crippen LogP contribution < -0.4 is 0 Å². The molecular weight excluding hydrogens is 139 g/mol. The smallest absolute Gasteiger partial charge is 0.100 e. The molecule has 2 unspecified atom stereocenters. The molecule has 1 heteroatoms. The minimum Gasteiger partial charge on any atom is -0.247 e. The first-order valence-corrected chi connectivity index (χ1v) is 4.93. The van der Waals surface area contributed by atoms with Crippen LogP contribution in [0, 0.1) is 5.92 Å². The van der Waals surface area contributed by atoms with E-state index in [1.54, 1.807) is 0 Å². The van der Waals surface area contributed by atoms with Crippen molar-refractivity contribution in [3.63, 3.8) is 0 Å². The minimum absolute atomic E-state index is 0.477. The molecule has 2 rings (SSSR count). The van der Waals surface area contributed by atoms with Crippen molar-refractivity contribution < 1.29 is 4.39 Å². The lowest BCUT2D eigenvalue weighted by molar-refractivity contribution is 0.334. The van der Waals surface area contributed by atoms with E-state index < -0.39 is 6.17 Å². The molecule has 0 bridgehead atoms. The fourth-order valence-corrected chi connectivity index (χ4v) is 1.39. The van der Waals surface area contributed by atoms with Crippen LogP contribution in [-0.2, 0) is 0 Å². The Bertz CT molecular complexity index is 85.0. The summed E-state index contributed by atoms with van der Waals surface area (Å²) in [6.07, 6.45) is 8.23. The van der Waals surface area contributed by atoms with Gasteiger partial charge in [0.05, 0.1) is 0 Å². The second-order valence-corrected chi connectivity index (χ2v) is 3.93. The zero-order valence-electron chi connectivity index (χ0n) is 7.48. The van der Waals surface area contributed by atoms with E-state index in [0.29, 0.717) is 5.92 Å². The van der Waals surface area contributed by atoms with Crippen molar-refractivity contribution in [1.82, 2.24) is 0 Å². The summed E-state index contributed by atoms with van der Waals surface area (Å²) >= 11 is 0. The standard InChI is InChI=1S/C6H11F.C4H8/c1-5-2-3-6(7)4-5;1-2-4-3-1/h5-6H,2-4H2,1H3;1-4H2. The molecule has 11 heavy (non-hydrogen) atoms. The fourth-order valence-electron chi connectivity index (χ4n) is 1.39. The summed E-state index contributed by atoms with van der Waals surface area (Å²) in [6.45, 7) is 2.11. The third-order valence-electron chi connectivity index (χ3n) is 2.63. The Hall–Kier alpha value is -0.0700. The van der Waals surface area contributed by atoms with Crippen LogP contribution in [0.5, 0.6) is 0 Å². The molecule has 2 aliphatic rings. The average Bonchev–Trinajstić information content (AvgIpc) is 2.09. The molecule has 0 spiro atoms. The van der Waals surface area contributed by atoms with Crippen LogP contribution in [-0.4, -0.2) is 6.17 Å². The normalized spacial score (nSPS) is 35.5. The van der Waals surface area contributed by atoms with Gasteiger partial charge in [0.2, 0.25) is 0 Å². The van der Waals surface area contributed by atoms with Gasteiger partial charge in [0, 0.05) is 0 Å². The van der Waals surface area contributed by atoms with Crippen LogP contribution in [0.2, 0.25) is 0 Å². The Kier molecular flexibility index (Phi) is 3.88. The molecule has 0 amide bonds. The highest BCUT2D eigenvalue weighted by atomic mass is 19.1. The molecular formula is C10H19F. The molecule has 2 fully saturated rings. The molecule has 66 valence electrons. The van der Waals surface area contributed by atoms with Crippen molar-refractivity contribution in [2.45, 2.75) is 58.0 Å². The summed E-state index contributed by atoms with van der Waals surface area (Å²) in [5.41, 5.74) is 0. The van der Waals surface area contributed by atoms with Crippen molar-refractivity contribution in [3.05, 3.63) is 0 Å². The average molecular weight is 158 g/mol. The lowest BCUT2D eigenvalue weighted by atomic mass is 10.0. The maximum Gasteiger partial charge on any atom is 0.100 e. The lowest BCUT2D eigenvalue weighted by Gasteiger charge is -2.05. The van der Waals surface area contributed by atoms with Crippen molar-refractivity contribution >= 4 is 0 Å². The molecule has 0 aliphatic heterocycles. The van der Waals surface area contributed by atoms with E-state index in [1.165, 1.54) is 25.7 Å². The van der Waals surface area contributed by atoms with E-state index in [4.69, 9.17) is 0 Å². The molecule has 0 radical (unpaired) electrons. The molecule has 0 aromatic heterocycles. The van der Waals surface area contributed by atoms with Crippen LogP contribution in [0.4, 0.5) is 4.39 Å². The summed E-state index contributed by atoms with van der Waals surface area (Å²) in [6, 6.07) is 0. The predicted octanol–water partition coefficient (Wildman–Crippen LogP) is 3.70. The van der Waals surface area contributed by atoms with E-state index >= 15 is 0 Å². The number of halogens is 1. The summed E-state index contributed by atoms with van der Waals surface area (Å²) in [4.78, 5) is 0. The topological polar surface area (TPSA) is 0 Å². The van der Waals surface area contributed by atoms with Gasteiger partial charge in [-0.3, -0.25) is 0 Å². The van der Waals surface area contributed by atoms with Crippen molar-refractivity contribution in [2.75, 3.05) is 0 Å². The first kappa shape index (κ1) is 9.02. The molecule has 0 aromatic rings. The van der Waals surface area contributed by atoms with E-state index in [2.05, 4.69) is 6.92 Å². The zero-order chi connectivity index (χ0) is 8.10. The van der Waals surface area contributed by atoms with Gasteiger partial charge in [-0.25, -0.2) is 4.39 Å². The van der Waals surface area contributed by atoms with Crippen LogP contribution >= 0.6 is 0 Å². The molecule has 2 saturated carbocycles. The molecule has 2 aliphatic carbocycles. The molecule has 0 heterocycles. The second-order valence-electron chi connectivity index (χ2n) is 3.93. The Morgan fingerprint density at radius 3 is 1.64 bits per heavy atom. The quantitative estimate of drug-likeness (QED) is 0.504. The van der Waals surface area contributed by atoms with Gasteiger partial charge in [-0.2, -0.15) is 0 Å². The van der Waals surface area contributed by atoms with Crippen LogP contribution in [0.25, 0.3) is 0 Å². The number of rotatable bonds is 0. The monoisotopic (exact) mass is 158 g/mol. The Morgan fingerprint density at radius 2 is 1.55 bits per heavy atom. The van der Waals surface area contributed by atoms with E-state index in [9.17, 15) is 4.39 Å². The van der Waals surface area contributed by atoms with Crippen LogP contribution in [0.15, 0.2) is 0 Å². The van der Waals surface area contributed by atoms with Crippen LogP contribution in [0.1, 0.15) is 51.9 Å². The van der Waals surface area contributed by atoms with Crippen molar-refractivity contribution in [1.29, 1.82) is 0 Å². The predicted molar refractivity (Wildman–Crippen MR) is 46.4 cm³/mol. The summed E-state index contributed by atoms with van der Waals surface area (Å²) in [5.74, 6) is 0.648. The molecule has 2 atom stereocenters. The van der Waals surface area contributed by atoms with E-state index in [-0.39, 0.29) is 0 Å². The maximum atomic E-state index is 12.2. The van der Waals surface area contributed by atoms with Crippen molar-refractivity contribution in [3.8, 4) is 0 Å². The molecule has 0 nitrogen and oxygen atoms in total. The zero-order valence-corrected chi connectivity index (χ0v) is 7.48. The third-order valence-corrected chi connectivity index (χ3v) is 2.63. The van der Waals surface area contributed by atoms with Gasteiger partial charge >= 0.3 is 0 Å². The van der Waals surface area contributed by atoms with Crippen molar-refractivity contribution in [2.24, 2.45) is 5.92 Å². The van der Waals surface area contributed by atoms with Gasteiger partial charge in [0.15, 0.2) is 0 Å². The Balaban J connectivity index is 0.000000128. The Labute approximate surface area is 69.2 Å². The minimum atomic E-state index is -0.477. The lowest BCUT2D eigenvalue weighted by Crippen LogP contribution is -1.89. The summed E-state index contributed by atoms with van der Waals surface area (Å²) in [7, 11) is 0. The third kappa shape index (κ3) is 3.74. The largest absolute Gasteiger partial charge is 0.247 e. The van der Waals surface area contributed by atoms with E-state index in [0.717, 1.165) is 19.3 Å². The van der Waals surface area contributed by atoms with Gasteiger partial charge in [0.25, 0.3) is 0 Å². The highest BCUT2D eigenvalue weighted by molar-refractivity contribution is 4.70. The number of hydrogen-bond acceptors (Lipinski definition) is 0. The first-order valence-electron chi connectivity index (χ1n) is 4.93. The Morgan fingerprint density at radius 1 is 1.00 bits per heavy atom. The van der Waals surface area contributed by atoms with Gasteiger partial charge < -0.3 is 0 Å². The maximum absolute atomic E-state index is 12.2. The fraction of sp³-hybridized carbons (Fsp3) is 1.00. The molecule has 0 aromatic carbocycles. The van der Waals surface area contributed by atoms with Gasteiger partial charge in [0.1, 0.15) is 6.17 Å². The second kappa shape index (κ2) is 4.74. The molecule has 0 N–H and O–H groups in total. The van der Waals surface area contributed by atoms with Gasteiger partial charge in [-0.05, 0) is 25.2 Å². The van der Waals surface area contributed by atoms with Gasteiger partial charge in [-0.1, -0.05) is 32.6 Å². The number of hydrogen-bond donors (Lipinski definition) is 0. The highest BCUT2D eigenvalue weighted by Crippen LogP contribution is 2.26. The number of alkyl halides is 1. The van der Waals surface area contributed by atoms with Crippen LogP contribution in [0.3, 0.4) is 0 Å².